The van der Waals surface area contributed by atoms with Crippen molar-refractivity contribution < 1.29 is 9.18 Å². The molecule has 1 atom stereocenters. The number of nitrogens with zero attached hydrogens (tertiary/aromatic N) is 4. The molecule has 24 heavy (non-hydrogen) atoms. The van der Waals surface area contributed by atoms with Crippen LogP contribution in [0.25, 0.3) is 0 Å². The molecule has 1 aromatic heterocycles. The molecule has 2 aliphatic heterocycles. The van der Waals surface area contributed by atoms with Crippen LogP contribution in [-0.4, -0.2) is 53.5 Å². The van der Waals surface area contributed by atoms with Gasteiger partial charge in [-0.3, -0.25) is 4.79 Å². The molecule has 0 aromatic carbocycles. The lowest BCUT2D eigenvalue weighted by Crippen LogP contribution is -2.55. The molecule has 130 valence electrons. The fourth-order valence-electron chi connectivity index (χ4n) is 4.16. The van der Waals surface area contributed by atoms with E-state index >= 15 is 0 Å². The van der Waals surface area contributed by atoms with Crippen LogP contribution in [0, 0.1) is 11.2 Å². The van der Waals surface area contributed by atoms with Gasteiger partial charge in [0.15, 0.2) is 11.6 Å². The lowest BCUT2D eigenvalue weighted by atomic mass is 9.73. The summed E-state index contributed by atoms with van der Waals surface area (Å²) in [5.41, 5.74) is 0.131. The first kappa shape index (κ1) is 15.6. The number of halogens is 1. The number of carbonyl (C=O) groups is 1. The normalized spacial score (nSPS) is 27.7. The molecular formula is C17H24FN5O. The van der Waals surface area contributed by atoms with Gasteiger partial charge in [-0.05, 0) is 32.1 Å². The maximum Gasteiger partial charge on any atom is 0.227 e. The summed E-state index contributed by atoms with van der Waals surface area (Å²) in [4.78, 5) is 25.0. The van der Waals surface area contributed by atoms with Crippen LogP contribution in [-0.2, 0) is 4.79 Å². The minimum absolute atomic E-state index is 0.131. The van der Waals surface area contributed by atoms with Gasteiger partial charge in [0, 0.05) is 44.6 Å². The van der Waals surface area contributed by atoms with Crippen molar-refractivity contribution in [1.29, 1.82) is 0 Å². The zero-order valence-corrected chi connectivity index (χ0v) is 14.1. The summed E-state index contributed by atoms with van der Waals surface area (Å²) < 4.78 is 13.6. The highest BCUT2D eigenvalue weighted by molar-refractivity contribution is 5.78. The van der Waals surface area contributed by atoms with Crippen LogP contribution in [0.4, 0.5) is 16.2 Å². The summed E-state index contributed by atoms with van der Waals surface area (Å²) >= 11 is 0. The molecule has 1 aromatic rings. The first-order valence-electron chi connectivity index (χ1n) is 8.85. The Labute approximate surface area is 141 Å². The maximum absolute atomic E-state index is 13.6. The summed E-state index contributed by atoms with van der Waals surface area (Å²) in [7, 11) is 1.66. The van der Waals surface area contributed by atoms with Crippen LogP contribution in [0.15, 0.2) is 6.20 Å². The van der Waals surface area contributed by atoms with Crippen molar-refractivity contribution in [2.45, 2.75) is 44.6 Å². The van der Waals surface area contributed by atoms with Crippen molar-refractivity contribution in [1.82, 2.24) is 14.9 Å². The molecule has 3 aliphatic rings. The molecule has 1 saturated carbocycles. The van der Waals surface area contributed by atoms with Gasteiger partial charge in [-0.25, -0.2) is 9.37 Å². The van der Waals surface area contributed by atoms with Gasteiger partial charge in [0.25, 0.3) is 0 Å². The Bertz CT molecular complexity index is 650. The first-order chi connectivity index (χ1) is 11.6. The molecule has 1 aliphatic carbocycles. The molecule has 7 heteroatoms. The summed E-state index contributed by atoms with van der Waals surface area (Å²) in [5.74, 6) is 0.694. The van der Waals surface area contributed by atoms with Gasteiger partial charge in [0.2, 0.25) is 11.9 Å². The molecule has 6 nitrogen and oxygen atoms in total. The van der Waals surface area contributed by atoms with E-state index in [1.807, 2.05) is 0 Å². The van der Waals surface area contributed by atoms with Gasteiger partial charge in [0.1, 0.15) is 0 Å². The standard InChI is InChI=1S/C17H24FN5O/c1-19-15-13(18)9-20-16(21-15)22-8-2-6-17(10-22)7-5-14(24)23(11-17)12-3-4-12/h9,12H,2-8,10-11H2,1H3,(H,19,20,21)/t17-/m1/s1. The average molecular weight is 333 g/mol. The Hall–Kier alpha value is -1.92. The number of likely N-dealkylation sites (tertiary alicyclic amines) is 1. The highest BCUT2D eigenvalue weighted by atomic mass is 19.1. The SMILES string of the molecule is CNc1nc(N2CCC[C@@]3(CCC(=O)N(C4CC4)C3)C2)ncc1F. The molecule has 3 fully saturated rings. The second kappa shape index (κ2) is 5.86. The minimum Gasteiger partial charge on any atom is -0.371 e. The molecular weight excluding hydrogens is 309 g/mol. The third-order valence-corrected chi connectivity index (χ3v) is 5.60. The Morgan fingerprint density at radius 2 is 2.17 bits per heavy atom. The van der Waals surface area contributed by atoms with Gasteiger partial charge in [-0.15, -0.1) is 0 Å². The first-order valence-corrected chi connectivity index (χ1v) is 8.85. The number of nitrogens with one attached hydrogen (secondary N) is 1. The highest BCUT2D eigenvalue weighted by Gasteiger charge is 2.46. The zero-order valence-electron chi connectivity index (χ0n) is 14.1. The van der Waals surface area contributed by atoms with E-state index in [0.717, 1.165) is 51.7 Å². The predicted octanol–water partition coefficient (Wildman–Crippen LogP) is 2.03. The Balaban J connectivity index is 1.54. The van der Waals surface area contributed by atoms with Crippen LogP contribution in [0.2, 0.25) is 0 Å². The van der Waals surface area contributed by atoms with Crippen LogP contribution < -0.4 is 10.2 Å². The van der Waals surface area contributed by atoms with E-state index in [0.29, 0.717) is 24.3 Å². The number of aromatic nitrogens is 2. The summed E-state index contributed by atoms with van der Waals surface area (Å²) in [6, 6.07) is 0.475. The van der Waals surface area contributed by atoms with E-state index in [2.05, 4.69) is 25.1 Å². The number of rotatable bonds is 3. The highest BCUT2D eigenvalue weighted by Crippen LogP contribution is 2.42. The molecule has 0 unspecified atom stereocenters. The smallest absolute Gasteiger partial charge is 0.227 e. The van der Waals surface area contributed by atoms with Gasteiger partial charge in [-0.2, -0.15) is 4.98 Å². The molecule has 1 spiro atoms. The lowest BCUT2D eigenvalue weighted by Gasteiger charge is -2.48. The van der Waals surface area contributed by atoms with E-state index in [4.69, 9.17) is 0 Å². The molecule has 2 saturated heterocycles. The van der Waals surface area contributed by atoms with Crippen molar-refractivity contribution in [3.63, 3.8) is 0 Å². The van der Waals surface area contributed by atoms with Gasteiger partial charge in [0.05, 0.1) is 6.20 Å². The Morgan fingerprint density at radius 1 is 1.33 bits per heavy atom. The van der Waals surface area contributed by atoms with E-state index in [9.17, 15) is 9.18 Å². The topological polar surface area (TPSA) is 61.4 Å². The van der Waals surface area contributed by atoms with Crippen molar-refractivity contribution in [3.05, 3.63) is 12.0 Å². The number of carbonyl (C=O) groups excluding carboxylic acids is 1. The maximum atomic E-state index is 13.6. The number of amides is 1. The lowest BCUT2D eigenvalue weighted by molar-refractivity contribution is -0.138. The number of hydrogen-bond donors (Lipinski definition) is 1. The molecule has 4 rings (SSSR count). The molecule has 3 heterocycles. The van der Waals surface area contributed by atoms with Crippen molar-refractivity contribution >= 4 is 17.7 Å². The summed E-state index contributed by atoms with van der Waals surface area (Å²) in [6.07, 6.45) is 7.32. The molecule has 1 N–H and O–H groups in total. The van der Waals surface area contributed by atoms with Crippen LogP contribution in [0.3, 0.4) is 0 Å². The van der Waals surface area contributed by atoms with E-state index in [1.54, 1.807) is 7.05 Å². The van der Waals surface area contributed by atoms with Crippen molar-refractivity contribution in [2.75, 3.05) is 36.9 Å². The quantitative estimate of drug-likeness (QED) is 0.917. The second-order valence-electron chi connectivity index (χ2n) is 7.39. The monoisotopic (exact) mass is 333 g/mol. The molecule has 1 amide bonds. The van der Waals surface area contributed by atoms with Crippen LogP contribution in [0.5, 0.6) is 0 Å². The number of anilines is 2. The third kappa shape index (κ3) is 2.80. The summed E-state index contributed by atoms with van der Waals surface area (Å²) in [5, 5.41) is 2.78. The van der Waals surface area contributed by atoms with E-state index in [-0.39, 0.29) is 11.2 Å². The Kier molecular flexibility index (Phi) is 3.81. The molecule has 0 radical (unpaired) electrons. The predicted molar refractivity (Wildman–Crippen MR) is 89.4 cm³/mol. The van der Waals surface area contributed by atoms with Crippen LogP contribution in [0.1, 0.15) is 38.5 Å². The number of piperidine rings is 2. The molecule has 0 bridgehead atoms. The van der Waals surface area contributed by atoms with Gasteiger partial charge in [-0.1, -0.05) is 0 Å². The van der Waals surface area contributed by atoms with Gasteiger partial charge >= 0.3 is 0 Å². The largest absolute Gasteiger partial charge is 0.371 e. The van der Waals surface area contributed by atoms with E-state index in [1.165, 1.54) is 6.20 Å². The minimum atomic E-state index is -0.434. The Morgan fingerprint density at radius 3 is 2.92 bits per heavy atom. The van der Waals surface area contributed by atoms with Crippen molar-refractivity contribution in [2.24, 2.45) is 5.41 Å². The fraction of sp³-hybridized carbons (Fsp3) is 0.706. The fourth-order valence-corrected chi connectivity index (χ4v) is 4.16. The third-order valence-electron chi connectivity index (χ3n) is 5.60. The number of hydrogen-bond acceptors (Lipinski definition) is 5. The van der Waals surface area contributed by atoms with Gasteiger partial charge < -0.3 is 15.1 Å². The second-order valence-corrected chi connectivity index (χ2v) is 7.39. The average Bonchev–Trinajstić information content (AvgIpc) is 3.43. The van der Waals surface area contributed by atoms with E-state index < -0.39 is 5.82 Å². The zero-order chi connectivity index (χ0) is 16.7. The van der Waals surface area contributed by atoms with Crippen molar-refractivity contribution in [3.8, 4) is 0 Å². The summed E-state index contributed by atoms with van der Waals surface area (Å²) in [6.45, 7) is 2.58. The van der Waals surface area contributed by atoms with Crippen LogP contribution >= 0.6 is 0 Å².